The van der Waals surface area contributed by atoms with E-state index >= 15 is 0 Å². The third kappa shape index (κ3) is 3.31. The fraction of sp³-hybridized carbons (Fsp3) is 0.562. The molecule has 20 heavy (non-hydrogen) atoms. The molecule has 1 aliphatic heterocycles. The SMILES string of the molecule is CCCN(c1ccc(C(N)=O)c(C)c1)C1CCCNC1. The summed E-state index contributed by atoms with van der Waals surface area (Å²) in [5, 5.41) is 3.47. The van der Waals surface area contributed by atoms with Crippen molar-refractivity contribution in [2.24, 2.45) is 5.73 Å². The molecule has 1 amide bonds. The zero-order valence-electron chi connectivity index (χ0n) is 12.5. The van der Waals surface area contributed by atoms with Crippen molar-refractivity contribution in [2.75, 3.05) is 24.5 Å². The van der Waals surface area contributed by atoms with Gasteiger partial charge in [-0.05, 0) is 56.5 Å². The summed E-state index contributed by atoms with van der Waals surface area (Å²) in [5.74, 6) is -0.351. The minimum atomic E-state index is -0.351. The van der Waals surface area contributed by atoms with E-state index in [-0.39, 0.29) is 5.91 Å². The molecule has 1 unspecified atom stereocenters. The van der Waals surface area contributed by atoms with Crippen molar-refractivity contribution < 1.29 is 4.79 Å². The van der Waals surface area contributed by atoms with Crippen molar-refractivity contribution in [3.05, 3.63) is 29.3 Å². The number of carbonyl (C=O) groups excluding carboxylic acids is 1. The molecule has 1 fully saturated rings. The van der Waals surface area contributed by atoms with Crippen molar-refractivity contribution in [2.45, 2.75) is 39.2 Å². The number of nitrogens with zero attached hydrogens (tertiary/aromatic N) is 1. The zero-order valence-corrected chi connectivity index (χ0v) is 12.5. The average molecular weight is 275 g/mol. The van der Waals surface area contributed by atoms with Gasteiger partial charge in [0.1, 0.15) is 0 Å². The normalized spacial score (nSPS) is 18.8. The Bertz CT molecular complexity index is 467. The first-order valence-electron chi connectivity index (χ1n) is 7.51. The number of benzene rings is 1. The molecule has 1 aromatic rings. The molecule has 3 N–H and O–H groups in total. The number of primary amides is 1. The second-order valence-corrected chi connectivity index (χ2v) is 5.56. The van der Waals surface area contributed by atoms with Crippen LogP contribution >= 0.6 is 0 Å². The Morgan fingerprint density at radius 3 is 2.85 bits per heavy atom. The van der Waals surface area contributed by atoms with Crippen LogP contribution in [0.3, 0.4) is 0 Å². The molecule has 1 saturated heterocycles. The highest BCUT2D eigenvalue weighted by atomic mass is 16.1. The minimum Gasteiger partial charge on any atom is -0.367 e. The summed E-state index contributed by atoms with van der Waals surface area (Å²) < 4.78 is 0. The first-order valence-corrected chi connectivity index (χ1v) is 7.51. The summed E-state index contributed by atoms with van der Waals surface area (Å²) in [5.41, 5.74) is 8.15. The quantitative estimate of drug-likeness (QED) is 0.865. The highest BCUT2D eigenvalue weighted by molar-refractivity contribution is 5.94. The van der Waals surface area contributed by atoms with Crippen LogP contribution < -0.4 is 16.0 Å². The number of piperidine rings is 1. The van der Waals surface area contributed by atoms with E-state index in [0.717, 1.165) is 31.6 Å². The van der Waals surface area contributed by atoms with Crippen LogP contribution in [0.2, 0.25) is 0 Å². The van der Waals surface area contributed by atoms with E-state index in [4.69, 9.17) is 5.73 Å². The van der Waals surface area contributed by atoms with Crippen molar-refractivity contribution in [1.29, 1.82) is 0 Å². The summed E-state index contributed by atoms with van der Waals surface area (Å²) >= 11 is 0. The molecule has 0 spiro atoms. The van der Waals surface area contributed by atoms with E-state index in [2.05, 4.69) is 23.2 Å². The molecular weight excluding hydrogens is 250 g/mol. The molecule has 4 heteroatoms. The number of hydrogen-bond donors (Lipinski definition) is 2. The van der Waals surface area contributed by atoms with E-state index in [1.54, 1.807) is 0 Å². The van der Waals surface area contributed by atoms with Crippen molar-refractivity contribution in [3.8, 4) is 0 Å². The van der Waals surface area contributed by atoms with Gasteiger partial charge < -0.3 is 16.0 Å². The van der Waals surface area contributed by atoms with E-state index in [9.17, 15) is 4.79 Å². The molecule has 0 radical (unpaired) electrons. The summed E-state index contributed by atoms with van der Waals surface area (Å²) in [4.78, 5) is 13.8. The van der Waals surface area contributed by atoms with Crippen molar-refractivity contribution in [3.63, 3.8) is 0 Å². The van der Waals surface area contributed by atoms with Gasteiger partial charge in [-0.3, -0.25) is 4.79 Å². The number of nitrogens with two attached hydrogens (primary N) is 1. The molecule has 4 nitrogen and oxygen atoms in total. The molecule has 1 atom stereocenters. The minimum absolute atomic E-state index is 0.351. The van der Waals surface area contributed by atoms with E-state index in [0.29, 0.717) is 11.6 Å². The number of carbonyl (C=O) groups is 1. The van der Waals surface area contributed by atoms with Crippen molar-refractivity contribution >= 4 is 11.6 Å². The standard InChI is InChI=1S/C16H25N3O/c1-3-9-19(14-5-4-8-18-11-14)13-6-7-15(16(17)20)12(2)10-13/h6-7,10,14,18H,3-5,8-9,11H2,1-2H3,(H2,17,20). The predicted octanol–water partition coefficient (Wildman–Crippen LogP) is 2.06. The van der Waals surface area contributed by atoms with E-state index < -0.39 is 0 Å². The summed E-state index contributed by atoms with van der Waals surface area (Å²) in [6.45, 7) is 7.36. The second kappa shape index (κ2) is 6.75. The number of aryl methyl sites for hydroxylation is 1. The Morgan fingerprint density at radius 2 is 2.30 bits per heavy atom. The molecule has 0 aromatic heterocycles. The Labute approximate surface area is 121 Å². The van der Waals surface area contributed by atoms with Gasteiger partial charge in [-0.25, -0.2) is 0 Å². The van der Waals surface area contributed by atoms with Crippen LogP contribution in [0.5, 0.6) is 0 Å². The van der Waals surface area contributed by atoms with Gasteiger partial charge in [0.05, 0.1) is 0 Å². The second-order valence-electron chi connectivity index (χ2n) is 5.56. The van der Waals surface area contributed by atoms with Crippen LogP contribution in [0.1, 0.15) is 42.1 Å². The first kappa shape index (κ1) is 14.9. The maximum absolute atomic E-state index is 11.3. The Kier molecular flexibility index (Phi) is 5.01. The number of rotatable bonds is 5. The molecular formula is C16H25N3O. The monoisotopic (exact) mass is 275 g/mol. The molecule has 1 aliphatic rings. The van der Waals surface area contributed by atoms with Crippen LogP contribution in [0.15, 0.2) is 18.2 Å². The lowest BCUT2D eigenvalue weighted by Gasteiger charge is -2.36. The van der Waals surface area contributed by atoms with Gasteiger partial charge in [0.15, 0.2) is 0 Å². The highest BCUT2D eigenvalue weighted by Gasteiger charge is 2.21. The first-order chi connectivity index (χ1) is 9.63. The smallest absolute Gasteiger partial charge is 0.248 e. The summed E-state index contributed by atoms with van der Waals surface area (Å²) in [6, 6.07) is 6.51. The predicted molar refractivity (Wildman–Crippen MR) is 83.2 cm³/mol. The average Bonchev–Trinajstić information content (AvgIpc) is 2.45. The highest BCUT2D eigenvalue weighted by Crippen LogP contribution is 2.24. The van der Waals surface area contributed by atoms with Gasteiger partial charge in [-0.2, -0.15) is 0 Å². The van der Waals surface area contributed by atoms with E-state index in [1.807, 2.05) is 19.1 Å². The van der Waals surface area contributed by atoms with Crippen LogP contribution in [0.25, 0.3) is 0 Å². The number of amides is 1. The van der Waals surface area contributed by atoms with E-state index in [1.165, 1.54) is 18.5 Å². The topological polar surface area (TPSA) is 58.4 Å². The van der Waals surface area contributed by atoms with Crippen LogP contribution in [0.4, 0.5) is 5.69 Å². The van der Waals surface area contributed by atoms with Gasteiger partial charge in [0.25, 0.3) is 0 Å². The van der Waals surface area contributed by atoms with Gasteiger partial charge in [-0.15, -0.1) is 0 Å². The number of hydrogen-bond acceptors (Lipinski definition) is 3. The molecule has 1 aromatic carbocycles. The third-order valence-corrected chi connectivity index (χ3v) is 3.98. The fourth-order valence-electron chi connectivity index (χ4n) is 2.97. The summed E-state index contributed by atoms with van der Waals surface area (Å²) in [7, 11) is 0. The Morgan fingerprint density at radius 1 is 1.50 bits per heavy atom. The van der Waals surface area contributed by atoms with Crippen LogP contribution in [0, 0.1) is 6.92 Å². The lowest BCUT2D eigenvalue weighted by Crippen LogP contribution is -2.46. The largest absolute Gasteiger partial charge is 0.367 e. The molecule has 2 rings (SSSR count). The van der Waals surface area contributed by atoms with Crippen LogP contribution in [-0.2, 0) is 0 Å². The maximum Gasteiger partial charge on any atom is 0.248 e. The Balaban J connectivity index is 2.24. The third-order valence-electron chi connectivity index (χ3n) is 3.98. The van der Waals surface area contributed by atoms with Gasteiger partial charge >= 0.3 is 0 Å². The molecule has 0 bridgehead atoms. The fourth-order valence-corrected chi connectivity index (χ4v) is 2.97. The Hall–Kier alpha value is -1.55. The van der Waals surface area contributed by atoms with Gasteiger partial charge in [-0.1, -0.05) is 6.92 Å². The van der Waals surface area contributed by atoms with Crippen LogP contribution in [-0.4, -0.2) is 31.6 Å². The molecule has 0 saturated carbocycles. The number of nitrogens with one attached hydrogen (secondary N) is 1. The lowest BCUT2D eigenvalue weighted by atomic mass is 10.0. The molecule has 110 valence electrons. The van der Waals surface area contributed by atoms with Gasteiger partial charge in [0, 0.05) is 30.4 Å². The summed E-state index contributed by atoms with van der Waals surface area (Å²) in [6.07, 6.45) is 3.57. The van der Waals surface area contributed by atoms with Gasteiger partial charge in [0.2, 0.25) is 5.91 Å². The van der Waals surface area contributed by atoms with Crippen molar-refractivity contribution in [1.82, 2.24) is 5.32 Å². The molecule has 0 aliphatic carbocycles. The maximum atomic E-state index is 11.3. The molecule has 1 heterocycles. The lowest BCUT2D eigenvalue weighted by molar-refractivity contribution is 0.0999. The number of anilines is 1. The zero-order chi connectivity index (χ0) is 14.5.